The van der Waals surface area contributed by atoms with Crippen molar-refractivity contribution in [2.24, 2.45) is 0 Å². The molecule has 0 bridgehead atoms. The number of fused-ring (bicyclic) bond motifs is 1. The molecule has 2 atom stereocenters. The summed E-state index contributed by atoms with van der Waals surface area (Å²) >= 11 is 0. The van der Waals surface area contributed by atoms with Crippen LogP contribution >= 0.6 is 0 Å². The van der Waals surface area contributed by atoms with Gasteiger partial charge in [0.1, 0.15) is 5.52 Å². The summed E-state index contributed by atoms with van der Waals surface area (Å²) in [5.74, 6) is -2.55. The summed E-state index contributed by atoms with van der Waals surface area (Å²) in [6.07, 6.45) is 0.0654. The van der Waals surface area contributed by atoms with E-state index in [1.165, 1.54) is 13.3 Å². The molecule has 0 aliphatic rings. The molecule has 0 saturated carbocycles. The molecule has 0 saturated heterocycles. The molecule has 10 heteroatoms. The highest BCUT2D eigenvalue weighted by atomic mass is 16.4. The van der Waals surface area contributed by atoms with Crippen LogP contribution in [0.1, 0.15) is 17.5 Å². The second-order valence-electron chi connectivity index (χ2n) is 4.06. The Labute approximate surface area is 112 Å². The number of nitrogens with zero attached hydrogens (tertiary/aromatic N) is 3. The minimum Gasteiger partial charge on any atom is -0.480 e. The fourth-order valence-electron chi connectivity index (χ4n) is 1.55. The van der Waals surface area contributed by atoms with Crippen LogP contribution in [0.5, 0.6) is 0 Å². The van der Waals surface area contributed by atoms with Crippen LogP contribution < -0.4 is 11.1 Å². The van der Waals surface area contributed by atoms with Crippen molar-refractivity contribution in [3.8, 4) is 0 Å². The Kier molecular flexibility index (Phi) is 3.48. The van der Waals surface area contributed by atoms with Gasteiger partial charge in [0, 0.05) is 0 Å². The number of aromatic amines is 1. The van der Waals surface area contributed by atoms with Crippen LogP contribution in [0.3, 0.4) is 0 Å². The minimum absolute atomic E-state index is 0.0153. The molecule has 0 fully saturated rings. The Morgan fingerprint density at radius 1 is 1.45 bits per heavy atom. The van der Waals surface area contributed by atoms with Gasteiger partial charge >= 0.3 is 5.97 Å². The summed E-state index contributed by atoms with van der Waals surface area (Å²) in [5, 5.41) is 20.3. The lowest BCUT2D eigenvalue weighted by Crippen LogP contribution is -2.48. The number of H-pyrrole nitrogens is 1. The molecule has 2 rings (SSSR count). The third-order valence-electron chi connectivity index (χ3n) is 2.55. The van der Waals surface area contributed by atoms with Crippen molar-refractivity contribution < 1.29 is 19.8 Å². The molecule has 2 heterocycles. The number of amides is 1. The van der Waals surface area contributed by atoms with E-state index >= 15 is 0 Å². The third-order valence-corrected chi connectivity index (χ3v) is 2.55. The lowest BCUT2D eigenvalue weighted by atomic mass is 10.2. The fourth-order valence-corrected chi connectivity index (χ4v) is 1.55. The molecule has 106 valence electrons. The van der Waals surface area contributed by atoms with E-state index in [-0.39, 0.29) is 17.3 Å². The smallest absolute Gasteiger partial charge is 0.328 e. The molecular formula is C10H12N6O4. The van der Waals surface area contributed by atoms with Gasteiger partial charge in [-0.05, 0) is 6.92 Å². The topological polar surface area (TPSA) is 167 Å². The lowest BCUT2D eigenvalue weighted by Gasteiger charge is -2.16. The zero-order valence-electron chi connectivity index (χ0n) is 10.4. The summed E-state index contributed by atoms with van der Waals surface area (Å²) in [5.41, 5.74) is 6.19. The Balaban J connectivity index is 2.29. The molecule has 0 radical (unpaired) electrons. The van der Waals surface area contributed by atoms with Crippen LogP contribution in [-0.4, -0.2) is 54.2 Å². The van der Waals surface area contributed by atoms with Crippen LogP contribution in [0.15, 0.2) is 6.33 Å². The monoisotopic (exact) mass is 280 g/mol. The highest BCUT2D eigenvalue weighted by Crippen LogP contribution is 2.12. The average Bonchev–Trinajstić information content (AvgIpc) is 2.83. The maximum Gasteiger partial charge on any atom is 0.328 e. The number of nitrogens with one attached hydrogen (secondary N) is 2. The van der Waals surface area contributed by atoms with Gasteiger partial charge in [0.2, 0.25) is 5.82 Å². The van der Waals surface area contributed by atoms with Crippen LogP contribution in [0.4, 0.5) is 5.82 Å². The third kappa shape index (κ3) is 2.49. The van der Waals surface area contributed by atoms with E-state index in [2.05, 4.69) is 25.3 Å². The highest BCUT2D eigenvalue weighted by Gasteiger charge is 2.27. The van der Waals surface area contributed by atoms with Crippen LogP contribution in [0, 0.1) is 0 Å². The predicted molar refractivity (Wildman–Crippen MR) is 66.7 cm³/mol. The number of rotatable bonds is 4. The van der Waals surface area contributed by atoms with Crippen molar-refractivity contribution in [1.29, 1.82) is 0 Å². The first-order valence-electron chi connectivity index (χ1n) is 5.58. The molecule has 20 heavy (non-hydrogen) atoms. The number of carbonyl (C=O) groups excluding carboxylic acids is 1. The number of carbonyl (C=O) groups is 2. The normalized spacial score (nSPS) is 13.9. The van der Waals surface area contributed by atoms with E-state index in [0.717, 1.165) is 0 Å². The second kappa shape index (κ2) is 5.09. The zero-order chi connectivity index (χ0) is 14.9. The maximum absolute atomic E-state index is 11.9. The number of aliphatic hydroxyl groups is 1. The van der Waals surface area contributed by atoms with Crippen molar-refractivity contribution in [2.45, 2.75) is 19.1 Å². The molecule has 0 aliphatic carbocycles. The number of hydrogen-bond acceptors (Lipinski definition) is 7. The largest absolute Gasteiger partial charge is 0.480 e. The standard InChI is InChI=1S/C10H12N6O4/c1-3(17)4(10(19)20)14-9(18)8-15-6(11)5-7(16-8)13-2-12-5/h2-4,17H,1H3,(H,14,18)(H,19,20)(H3,11,12,13,15,16)/t3-,4+/m1/s1. The van der Waals surface area contributed by atoms with Gasteiger partial charge in [-0.1, -0.05) is 0 Å². The Morgan fingerprint density at radius 3 is 2.75 bits per heavy atom. The summed E-state index contributed by atoms with van der Waals surface area (Å²) < 4.78 is 0. The van der Waals surface area contributed by atoms with Crippen molar-refractivity contribution in [1.82, 2.24) is 25.3 Å². The molecule has 2 aromatic heterocycles. The van der Waals surface area contributed by atoms with Crippen molar-refractivity contribution in [2.75, 3.05) is 5.73 Å². The number of carboxylic acids is 1. The number of aliphatic hydroxyl groups excluding tert-OH is 1. The fraction of sp³-hybridized carbons (Fsp3) is 0.300. The van der Waals surface area contributed by atoms with Gasteiger partial charge in [-0.2, -0.15) is 0 Å². The minimum atomic E-state index is -1.47. The molecule has 1 amide bonds. The molecule has 2 aromatic rings. The average molecular weight is 280 g/mol. The lowest BCUT2D eigenvalue weighted by molar-refractivity contribution is -0.141. The van der Waals surface area contributed by atoms with Crippen molar-refractivity contribution in [3.05, 3.63) is 12.2 Å². The van der Waals surface area contributed by atoms with Gasteiger partial charge < -0.3 is 26.2 Å². The number of hydrogen-bond donors (Lipinski definition) is 5. The van der Waals surface area contributed by atoms with E-state index in [4.69, 9.17) is 10.8 Å². The van der Waals surface area contributed by atoms with Gasteiger partial charge in [-0.25, -0.2) is 19.7 Å². The Morgan fingerprint density at radius 2 is 2.15 bits per heavy atom. The summed E-state index contributed by atoms with van der Waals surface area (Å²) in [6.45, 7) is 1.24. The van der Waals surface area contributed by atoms with Gasteiger partial charge in [-0.15, -0.1) is 0 Å². The van der Waals surface area contributed by atoms with E-state index in [1.54, 1.807) is 0 Å². The Hall–Kier alpha value is -2.75. The number of carboxylic acid groups (broad SMARTS) is 1. The quantitative estimate of drug-likeness (QED) is 0.451. The summed E-state index contributed by atoms with van der Waals surface area (Å²) in [4.78, 5) is 36.9. The zero-order valence-corrected chi connectivity index (χ0v) is 10.4. The summed E-state index contributed by atoms with van der Waals surface area (Å²) in [6, 6.07) is -1.47. The van der Waals surface area contributed by atoms with Crippen LogP contribution in [0.2, 0.25) is 0 Å². The summed E-state index contributed by atoms with van der Waals surface area (Å²) in [7, 11) is 0. The van der Waals surface area contributed by atoms with E-state index in [0.29, 0.717) is 5.52 Å². The molecule has 0 aliphatic heterocycles. The Bertz CT molecular complexity index is 667. The first-order valence-corrected chi connectivity index (χ1v) is 5.58. The first-order chi connectivity index (χ1) is 9.40. The van der Waals surface area contributed by atoms with Crippen molar-refractivity contribution >= 4 is 28.9 Å². The number of nitrogen functional groups attached to an aromatic ring is 1. The number of aliphatic carboxylic acids is 1. The van der Waals surface area contributed by atoms with E-state index in [1.807, 2.05) is 0 Å². The number of anilines is 1. The first kappa shape index (κ1) is 13.7. The van der Waals surface area contributed by atoms with Crippen LogP contribution in [0.25, 0.3) is 11.2 Å². The van der Waals surface area contributed by atoms with Crippen molar-refractivity contribution in [3.63, 3.8) is 0 Å². The predicted octanol–water partition coefficient (Wildman–Crippen LogP) is -1.50. The van der Waals surface area contributed by atoms with Gasteiger partial charge in [0.15, 0.2) is 17.5 Å². The molecule has 6 N–H and O–H groups in total. The molecule has 0 unspecified atom stereocenters. The highest BCUT2D eigenvalue weighted by molar-refractivity contribution is 5.96. The number of aromatic nitrogens is 4. The number of imidazole rings is 1. The van der Waals surface area contributed by atoms with Crippen LogP contribution in [-0.2, 0) is 4.79 Å². The van der Waals surface area contributed by atoms with Gasteiger partial charge in [0.25, 0.3) is 5.91 Å². The van der Waals surface area contributed by atoms with Gasteiger partial charge in [0.05, 0.1) is 12.4 Å². The molecule has 0 spiro atoms. The number of nitrogens with two attached hydrogens (primary N) is 1. The van der Waals surface area contributed by atoms with E-state index in [9.17, 15) is 14.7 Å². The molecule has 10 nitrogen and oxygen atoms in total. The van der Waals surface area contributed by atoms with E-state index < -0.39 is 24.0 Å². The SMILES string of the molecule is C[C@@H](O)[C@H](NC(=O)c1nc(N)c2[nH]cnc2n1)C(=O)O. The molecular weight excluding hydrogens is 268 g/mol. The molecule has 0 aromatic carbocycles. The maximum atomic E-state index is 11.9. The second-order valence-corrected chi connectivity index (χ2v) is 4.06. The van der Waals surface area contributed by atoms with Gasteiger partial charge in [-0.3, -0.25) is 4.79 Å².